The predicted molar refractivity (Wildman–Crippen MR) is 62.3 cm³/mol. The third-order valence-corrected chi connectivity index (χ3v) is 1.90. The average molecular weight is 258 g/mol. The van der Waals surface area contributed by atoms with Crippen LogP contribution in [0.4, 0.5) is 8.78 Å². The van der Waals surface area contributed by atoms with Gasteiger partial charge in [-0.25, -0.2) is 4.39 Å². The number of hydrogen-bond donors (Lipinski definition) is 0. The summed E-state index contributed by atoms with van der Waals surface area (Å²) in [6, 6.07) is 3.63. The standard InChI is InChI=1S/C13H16F2O3/c1-13(2,3)18-11(16)7-8-17-10-6-4-5-9(14)12(10)15/h4-6H,7-8H2,1-3H3. The van der Waals surface area contributed by atoms with Gasteiger partial charge in [0.2, 0.25) is 5.82 Å². The highest BCUT2D eigenvalue weighted by Gasteiger charge is 2.16. The molecule has 1 aromatic carbocycles. The van der Waals surface area contributed by atoms with Gasteiger partial charge in [-0.15, -0.1) is 0 Å². The summed E-state index contributed by atoms with van der Waals surface area (Å²) in [5.74, 6) is -2.69. The van der Waals surface area contributed by atoms with E-state index >= 15 is 0 Å². The highest BCUT2D eigenvalue weighted by atomic mass is 19.2. The molecule has 18 heavy (non-hydrogen) atoms. The van der Waals surface area contributed by atoms with Gasteiger partial charge in [-0.05, 0) is 32.9 Å². The molecule has 0 saturated carbocycles. The quantitative estimate of drug-likeness (QED) is 0.778. The molecule has 0 aliphatic heterocycles. The summed E-state index contributed by atoms with van der Waals surface area (Å²) in [6.45, 7) is 5.18. The molecule has 0 atom stereocenters. The van der Waals surface area contributed by atoms with Gasteiger partial charge in [0.25, 0.3) is 0 Å². The van der Waals surface area contributed by atoms with Crippen LogP contribution in [0.1, 0.15) is 27.2 Å². The van der Waals surface area contributed by atoms with E-state index in [4.69, 9.17) is 9.47 Å². The molecular formula is C13H16F2O3. The lowest BCUT2D eigenvalue weighted by atomic mass is 10.2. The van der Waals surface area contributed by atoms with Crippen LogP contribution in [0.5, 0.6) is 5.75 Å². The summed E-state index contributed by atoms with van der Waals surface area (Å²) < 4.78 is 36.1. The number of hydrogen-bond acceptors (Lipinski definition) is 3. The molecule has 3 nitrogen and oxygen atoms in total. The van der Waals surface area contributed by atoms with Crippen LogP contribution in [-0.2, 0) is 9.53 Å². The minimum atomic E-state index is -1.05. The zero-order valence-corrected chi connectivity index (χ0v) is 10.6. The Morgan fingerprint density at radius 1 is 1.28 bits per heavy atom. The van der Waals surface area contributed by atoms with Crippen LogP contribution in [0.3, 0.4) is 0 Å². The summed E-state index contributed by atoms with van der Waals surface area (Å²) >= 11 is 0. The van der Waals surface area contributed by atoms with E-state index in [1.807, 2.05) is 0 Å². The Hall–Kier alpha value is -1.65. The predicted octanol–water partition coefficient (Wildman–Crippen LogP) is 3.08. The zero-order valence-electron chi connectivity index (χ0n) is 10.6. The molecule has 5 heteroatoms. The number of carbonyl (C=O) groups excluding carboxylic acids is 1. The van der Waals surface area contributed by atoms with Crippen molar-refractivity contribution in [2.75, 3.05) is 6.61 Å². The normalized spacial score (nSPS) is 11.2. The molecular weight excluding hydrogens is 242 g/mol. The molecule has 0 spiro atoms. The maximum atomic E-state index is 13.2. The molecule has 0 heterocycles. The van der Waals surface area contributed by atoms with Crippen molar-refractivity contribution in [1.82, 2.24) is 0 Å². The maximum absolute atomic E-state index is 13.2. The average Bonchev–Trinajstić information content (AvgIpc) is 2.21. The van der Waals surface area contributed by atoms with E-state index in [1.54, 1.807) is 20.8 Å². The fourth-order valence-electron chi connectivity index (χ4n) is 1.23. The van der Waals surface area contributed by atoms with Crippen molar-refractivity contribution in [3.8, 4) is 5.75 Å². The molecule has 0 aliphatic carbocycles. The van der Waals surface area contributed by atoms with E-state index in [0.717, 1.165) is 6.07 Å². The first-order chi connectivity index (χ1) is 8.29. The lowest BCUT2D eigenvalue weighted by Crippen LogP contribution is -2.24. The molecule has 0 aromatic heterocycles. The van der Waals surface area contributed by atoms with Crippen LogP contribution in [0.2, 0.25) is 0 Å². The summed E-state index contributed by atoms with van der Waals surface area (Å²) in [6.07, 6.45) is -0.0206. The third-order valence-electron chi connectivity index (χ3n) is 1.90. The number of ether oxygens (including phenoxy) is 2. The number of rotatable bonds is 4. The van der Waals surface area contributed by atoms with Crippen LogP contribution < -0.4 is 4.74 Å². The first-order valence-corrected chi connectivity index (χ1v) is 5.58. The van der Waals surface area contributed by atoms with Crippen LogP contribution in [0, 0.1) is 11.6 Å². The monoisotopic (exact) mass is 258 g/mol. The van der Waals surface area contributed by atoms with Crippen molar-refractivity contribution in [2.24, 2.45) is 0 Å². The topological polar surface area (TPSA) is 35.5 Å². The SMILES string of the molecule is CC(C)(C)OC(=O)CCOc1cccc(F)c1F. The van der Waals surface area contributed by atoms with Crippen LogP contribution in [0.15, 0.2) is 18.2 Å². The lowest BCUT2D eigenvalue weighted by Gasteiger charge is -2.19. The number of halogens is 2. The molecule has 100 valence electrons. The van der Waals surface area contributed by atoms with Gasteiger partial charge in [0.15, 0.2) is 11.6 Å². The lowest BCUT2D eigenvalue weighted by molar-refractivity contribution is -0.155. The number of esters is 1. The Labute approximate surface area is 105 Å². The highest BCUT2D eigenvalue weighted by Crippen LogP contribution is 2.19. The summed E-state index contributed by atoms with van der Waals surface area (Å²) in [5.41, 5.74) is -0.568. The van der Waals surface area contributed by atoms with Gasteiger partial charge in [-0.1, -0.05) is 6.07 Å². The van der Waals surface area contributed by atoms with Crippen LogP contribution >= 0.6 is 0 Å². The molecule has 0 radical (unpaired) electrons. The first kappa shape index (κ1) is 14.4. The first-order valence-electron chi connectivity index (χ1n) is 5.58. The minimum Gasteiger partial charge on any atom is -0.490 e. The molecule has 0 aliphatic rings. The van der Waals surface area contributed by atoms with Crippen molar-refractivity contribution >= 4 is 5.97 Å². The van der Waals surface area contributed by atoms with E-state index in [9.17, 15) is 13.6 Å². The van der Waals surface area contributed by atoms with Crippen molar-refractivity contribution in [3.63, 3.8) is 0 Å². The van der Waals surface area contributed by atoms with E-state index in [0.29, 0.717) is 0 Å². The molecule has 0 amide bonds. The van der Waals surface area contributed by atoms with Crippen molar-refractivity contribution in [2.45, 2.75) is 32.8 Å². The molecule has 0 N–H and O–H groups in total. The Balaban J connectivity index is 2.43. The second-order valence-electron chi connectivity index (χ2n) is 4.74. The molecule has 1 rings (SSSR count). The van der Waals surface area contributed by atoms with Gasteiger partial charge in [0.05, 0.1) is 13.0 Å². The third kappa shape index (κ3) is 4.69. The molecule has 0 fully saturated rings. The fourth-order valence-corrected chi connectivity index (χ4v) is 1.23. The van der Waals surface area contributed by atoms with E-state index in [-0.39, 0.29) is 18.8 Å². The van der Waals surface area contributed by atoms with Crippen molar-refractivity contribution in [3.05, 3.63) is 29.8 Å². The number of benzene rings is 1. The maximum Gasteiger partial charge on any atom is 0.309 e. The van der Waals surface area contributed by atoms with Gasteiger partial charge in [0, 0.05) is 0 Å². The van der Waals surface area contributed by atoms with Gasteiger partial charge in [-0.3, -0.25) is 4.79 Å². The van der Waals surface area contributed by atoms with Gasteiger partial charge in [-0.2, -0.15) is 4.39 Å². The largest absolute Gasteiger partial charge is 0.490 e. The van der Waals surface area contributed by atoms with Gasteiger partial charge >= 0.3 is 5.97 Å². The highest BCUT2D eigenvalue weighted by molar-refractivity contribution is 5.69. The second kappa shape index (κ2) is 5.80. The molecule has 0 saturated heterocycles. The second-order valence-corrected chi connectivity index (χ2v) is 4.74. The molecule has 0 bridgehead atoms. The van der Waals surface area contributed by atoms with Crippen LogP contribution in [0.25, 0.3) is 0 Å². The van der Waals surface area contributed by atoms with E-state index in [2.05, 4.69) is 0 Å². The molecule has 1 aromatic rings. The van der Waals surface area contributed by atoms with Crippen molar-refractivity contribution < 1.29 is 23.0 Å². The van der Waals surface area contributed by atoms with Crippen molar-refractivity contribution in [1.29, 1.82) is 0 Å². The Bertz CT molecular complexity index is 425. The van der Waals surface area contributed by atoms with E-state index < -0.39 is 23.2 Å². The Morgan fingerprint density at radius 2 is 1.94 bits per heavy atom. The zero-order chi connectivity index (χ0) is 13.8. The minimum absolute atomic E-state index is 0.0206. The fraction of sp³-hybridized carbons (Fsp3) is 0.462. The Morgan fingerprint density at radius 3 is 2.56 bits per heavy atom. The van der Waals surface area contributed by atoms with Gasteiger partial charge < -0.3 is 9.47 Å². The molecule has 0 unspecified atom stereocenters. The summed E-state index contributed by atoms with van der Waals surface area (Å²) in [4.78, 5) is 11.3. The Kier molecular flexibility index (Phi) is 4.64. The van der Waals surface area contributed by atoms with Crippen LogP contribution in [-0.4, -0.2) is 18.2 Å². The number of carbonyl (C=O) groups is 1. The van der Waals surface area contributed by atoms with E-state index in [1.165, 1.54) is 12.1 Å². The summed E-state index contributed by atoms with van der Waals surface area (Å²) in [5, 5.41) is 0. The van der Waals surface area contributed by atoms with Gasteiger partial charge in [0.1, 0.15) is 5.60 Å². The smallest absolute Gasteiger partial charge is 0.309 e. The summed E-state index contributed by atoms with van der Waals surface area (Å²) in [7, 11) is 0.